The first-order chi connectivity index (χ1) is 10.3. The van der Waals surface area contributed by atoms with Gasteiger partial charge in [-0.2, -0.15) is 0 Å². The predicted octanol–water partition coefficient (Wildman–Crippen LogP) is 1.61. The average Bonchev–Trinajstić information content (AvgIpc) is 3.08. The SMILES string of the molecule is COC[C@@H]1CN(C(=O)NC2CCCC2)Cc2nccn2C1. The van der Waals surface area contributed by atoms with Crippen molar-refractivity contribution >= 4 is 6.03 Å². The van der Waals surface area contributed by atoms with Gasteiger partial charge < -0.3 is 19.5 Å². The van der Waals surface area contributed by atoms with Crippen LogP contribution in [0.25, 0.3) is 0 Å². The molecule has 1 aliphatic heterocycles. The van der Waals surface area contributed by atoms with Crippen LogP contribution in [-0.4, -0.2) is 46.8 Å². The highest BCUT2D eigenvalue weighted by atomic mass is 16.5. The van der Waals surface area contributed by atoms with E-state index in [9.17, 15) is 4.79 Å². The van der Waals surface area contributed by atoms with Gasteiger partial charge in [0.25, 0.3) is 0 Å². The Morgan fingerprint density at radius 3 is 3.00 bits per heavy atom. The van der Waals surface area contributed by atoms with Crippen LogP contribution in [0.5, 0.6) is 0 Å². The molecule has 0 spiro atoms. The number of nitrogens with zero attached hydrogens (tertiary/aromatic N) is 3. The Hall–Kier alpha value is -1.56. The molecule has 0 radical (unpaired) electrons. The number of methoxy groups -OCH3 is 1. The van der Waals surface area contributed by atoms with Crippen LogP contribution in [0.4, 0.5) is 4.79 Å². The number of amides is 2. The summed E-state index contributed by atoms with van der Waals surface area (Å²) >= 11 is 0. The predicted molar refractivity (Wildman–Crippen MR) is 78.8 cm³/mol. The molecule has 1 saturated carbocycles. The first kappa shape index (κ1) is 14.4. The summed E-state index contributed by atoms with van der Waals surface area (Å²) in [5.41, 5.74) is 0. The maximum atomic E-state index is 12.5. The van der Waals surface area contributed by atoms with Crippen molar-refractivity contribution in [2.45, 2.75) is 44.8 Å². The molecule has 0 aromatic carbocycles. The molecule has 1 fully saturated rings. The van der Waals surface area contributed by atoms with Crippen LogP contribution >= 0.6 is 0 Å². The van der Waals surface area contributed by atoms with Crippen molar-refractivity contribution in [2.75, 3.05) is 20.3 Å². The van der Waals surface area contributed by atoms with E-state index in [-0.39, 0.29) is 6.03 Å². The highest BCUT2D eigenvalue weighted by Crippen LogP contribution is 2.20. The lowest BCUT2D eigenvalue weighted by atomic mass is 10.1. The number of hydrogen-bond donors (Lipinski definition) is 1. The zero-order valence-corrected chi connectivity index (χ0v) is 12.6. The Bertz CT molecular complexity index is 482. The third kappa shape index (κ3) is 3.37. The second-order valence-electron chi connectivity index (χ2n) is 6.13. The molecule has 1 aromatic rings. The molecule has 2 amide bonds. The minimum Gasteiger partial charge on any atom is -0.384 e. The van der Waals surface area contributed by atoms with Crippen LogP contribution in [0.3, 0.4) is 0 Å². The van der Waals surface area contributed by atoms with E-state index >= 15 is 0 Å². The van der Waals surface area contributed by atoms with Crippen LogP contribution in [0.2, 0.25) is 0 Å². The molecule has 6 nitrogen and oxygen atoms in total. The summed E-state index contributed by atoms with van der Waals surface area (Å²) in [6, 6.07) is 0.390. The van der Waals surface area contributed by atoms with Crippen LogP contribution < -0.4 is 5.32 Å². The zero-order valence-electron chi connectivity index (χ0n) is 12.6. The minimum absolute atomic E-state index is 0.0412. The zero-order chi connectivity index (χ0) is 14.7. The van der Waals surface area contributed by atoms with Crippen molar-refractivity contribution in [3.05, 3.63) is 18.2 Å². The molecule has 1 atom stereocenters. The number of urea groups is 1. The number of rotatable bonds is 3. The van der Waals surface area contributed by atoms with Gasteiger partial charge in [-0.15, -0.1) is 0 Å². The quantitative estimate of drug-likeness (QED) is 0.921. The van der Waals surface area contributed by atoms with Crippen molar-refractivity contribution in [3.8, 4) is 0 Å². The number of carbonyl (C=O) groups excluding carboxylic acids is 1. The molecule has 0 unspecified atom stereocenters. The fourth-order valence-electron chi connectivity index (χ4n) is 3.37. The number of fused-ring (bicyclic) bond motifs is 1. The van der Waals surface area contributed by atoms with Crippen molar-refractivity contribution in [1.82, 2.24) is 19.8 Å². The fraction of sp³-hybridized carbons (Fsp3) is 0.733. The van der Waals surface area contributed by atoms with Crippen molar-refractivity contribution < 1.29 is 9.53 Å². The summed E-state index contributed by atoms with van der Waals surface area (Å²) < 4.78 is 7.43. The topological polar surface area (TPSA) is 59.4 Å². The first-order valence-electron chi connectivity index (χ1n) is 7.80. The van der Waals surface area contributed by atoms with E-state index in [2.05, 4.69) is 14.9 Å². The van der Waals surface area contributed by atoms with Gasteiger partial charge in [0.15, 0.2) is 0 Å². The molecule has 1 N–H and O–H groups in total. The Morgan fingerprint density at radius 1 is 1.43 bits per heavy atom. The number of aromatic nitrogens is 2. The summed E-state index contributed by atoms with van der Waals surface area (Å²) in [5, 5.41) is 3.17. The average molecular weight is 292 g/mol. The molecular weight excluding hydrogens is 268 g/mol. The molecule has 1 aromatic heterocycles. The van der Waals surface area contributed by atoms with E-state index in [1.165, 1.54) is 12.8 Å². The largest absolute Gasteiger partial charge is 0.384 e. The molecule has 0 bridgehead atoms. The van der Waals surface area contributed by atoms with Crippen LogP contribution in [0.15, 0.2) is 12.4 Å². The van der Waals surface area contributed by atoms with E-state index in [0.717, 1.165) is 31.8 Å². The molecule has 0 saturated heterocycles. The third-order valence-corrected chi connectivity index (χ3v) is 4.44. The smallest absolute Gasteiger partial charge is 0.318 e. The lowest BCUT2D eigenvalue weighted by Gasteiger charge is -2.25. The Balaban J connectivity index is 1.69. The molecular formula is C15H24N4O2. The summed E-state index contributed by atoms with van der Waals surface area (Å²) in [4.78, 5) is 18.8. The minimum atomic E-state index is 0.0412. The monoisotopic (exact) mass is 292 g/mol. The molecule has 21 heavy (non-hydrogen) atoms. The van der Waals surface area contributed by atoms with Gasteiger partial charge in [0.05, 0.1) is 13.2 Å². The van der Waals surface area contributed by atoms with E-state index in [1.54, 1.807) is 13.3 Å². The van der Waals surface area contributed by atoms with Gasteiger partial charge in [0.2, 0.25) is 0 Å². The maximum absolute atomic E-state index is 12.5. The lowest BCUT2D eigenvalue weighted by Crippen LogP contribution is -2.45. The number of nitrogens with one attached hydrogen (secondary N) is 1. The number of ether oxygens (including phenoxy) is 1. The van der Waals surface area contributed by atoms with E-state index in [0.29, 0.717) is 25.1 Å². The lowest BCUT2D eigenvalue weighted by molar-refractivity contribution is 0.121. The van der Waals surface area contributed by atoms with Gasteiger partial charge in [-0.25, -0.2) is 9.78 Å². The summed E-state index contributed by atoms with van der Waals surface area (Å²) in [7, 11) is 1.71. The Labute approximate surface area is 125 Å². The van der Waals surface area contributed by atoms with Crippen molar-refractivity contribution in [1.29, 1.82) is 0 Å². The van der Waals surface area contributed by atoms with Gasteiger partial charge in [0, 0.05) is 44.6 Å². The summed E-state index contributed by atoms with van der Waals surface area (Å²) in [6.45, 7) is 2.81. The maximum Gasteiger partial charge on any atom is 0.318 e. The Kier molecular flexibility index (Phi) is 4.43. The fourth-order valence-corrected chi connectivity index (χ4v) is 3.37. The third-order valence-electron chi connectivity index (χ3n) is 4.44. The molecule has 2 aliphatic rings. The highest BCUT2D eigenvalue weighted by Gasteiger charge is 2.27. The van der Waals surface area contributed by atoms with Gasteiger partial charge in [-0.1, -0.05) is 12.8 Å². The second kappa shape index (κ2) is 6.47. The van der Waals surface area contributed by atoms with Gasteiger partial charge in [-0.3, -0.25) is 0 Å². The summed E-state index contributed by atoms with van der Waals surface area (Å²) in [5.74, 6) is 1.26. The number of hydrogen-bond acceptors (Lipinski definition) is 3. The van der Waals surface area contributed by atoms with E-state index in [1.807, 2.05) is 11.1 Å². The van der Waals surface area contributed by atoms with Gasteiger partial charge in [0.1, 0.15) is 5.82 Å². The van der Waals surface area contributed by atoms with Gasteiger partial charge >= 0.3 is 6.03 Å². The van der Waals surface area contributed by atoms with Crippen LogP contribution in [0.1, 0.15) is 31.5 Å². The van der Waals surface area contributed by atoms with Crippen LogP contribution in [-0.2, 0) is 17.8 Å². The first-order valence-corrected chi connectivity index (χ1v) is 7.80. The molecule has 2 heterocycles. The molecule has 3 rings (SSSR count). The van der Waals surface area contributed by atoms with E-state index in [4.69, 9.17) is 4.74 Å². The molecule has 6 heteroatoms. The number of carbonyl (C=O) groups is 1. The van der Waals surface area contributed by atoms with Crippen molar-refractivity contribution in [2.24, 2.45) is 5.92 Å². The van der Waals surface area contributed by atoms with Crippen molar-refractivity contribution in [3.63, 3.8) is 0 Å². The standard InChI is InChI=1S/C15H24N4O2/c1-21-11-12-8-18-7-6-16-14(18)10-19(9-12)15(20)17-13-4-2-3-5-13/h6-7,12-13H,2-5,8-11H2,1H3,(H,17,20)/t12-/m0/s1. The Morgan fingerprint density at radius 2 is 2.24 bits per heavy atom. The highest BCUT2D eigenvalue weighted by molar-refractivity contribution is 5.74. The normalized spacial score (nSPS) is 22.9. The van der Waals surface area contributed by atoms with Crippen LogP contribution in [0, 0.1) is 5.92 Å². The second-order valence-corrected chi connectivity index (χ2v) is 6.13. The van der Waals surface area contributed by atoms with Gasteiger partial charge in [-0.05, 0) is 12.8 Å². The number of imidazole rings is 1. The molecule has 116 valence electrons. The van der Waals surface area contributed by atoms with E-state index < -0.39 is 0 Å². The summed E-state index contributed by atoms with van der Waals surface area (Å²) in [6.07, 6.45) is 8.45. The molecule has 1 aliphatic carbocycles.